The number of carbonyl (C=O) groups excluding carboxylic acids is 1. The summed E-state index contributed by atoms with van der Waals surface area (Å²) in [4.78, 5) is 11.1. The van der Waals surface area contributed by atoms with Crippen molar-refractivity contribution in [3.05, 3.63) is 17.7 Å². The lowest BCUT2D eigenvalue weighted by atomic mass is 10.4. The largest absolute Gasteiger partial charge is 0.461 e. The molecule has 18 heavy (non-hydrogen) atoms. The van der Waals surface area contributed by atoms with Crippen LogP contribution < -0.4 is 0 Å². The van der Waals surface area contributed by atoms with E-state index in [0.29, 0.717) is 0 Å². The van der Waals surface area contributed by atoms with E-state index in [4.69, 9.17) is 14.0 Å². The van der Waals surface area contributed by atoms with E-state index in [-0.39, 0.29) is 25.5 Å². The van der Waals surface area contributed by atoms with Crippen molar-refractivity contribution in [2.24, 2.45) is 0 Å². The summed E-state index contributed by atoms with van der Waals surface area (Å²) >= 11 is -2.50. The van der Waals surface area contributed by atoms with Gasteiger partial charge < -0.3 is 18.6 Å². The molecule has 1 N–H and O–H groups in total. The van der Waals surface area contributed by atoms with Crippen molar-refractivity contribution in [1.82, 2.24) is 4.57 Å². The molecule has 6 nitrogen and oxygen atoms in total. The van der Waals surface area contributed by atoms with Gasteiger partial charge in [-0.1, -0.05) is 0 Å². The molecule has 1 unspecified atom stereocenters. The van der Waals surface area contributed by atoms with Crippen LogP contribution in [0.4, 0.5) is 4.39 Å². The molecule has 102 valence electrons. The van der Waals surface area contributed by atoms with Gasteiger partial charge in [0, 0.05) is 19.9 Å². The van der Waals surface area contributed by atoms with E-state index in [2.05, 4.69) is 0 Å². The number of esters is 1. The predicted octanol–water partition coefficient (Wildman–Crippen LogP) is 1.03. The van der Waals surface area contributed by atoms with E-state index < -0.39 is 27.8 Å². The molecule has 0 saturated carbocycles. The van der Waals surface area contributed by atoms with Crippen molar-refractivity contribution in [3.63, 3.8) is 0 Å². The molecule has 0 aromatic carbocycles. The van der Waals surface area contributed by atoms with Crippen LogP contribution in [0.2, 0.25) is 0 Å². The molecule has 8 heteroatoms. The van der Waals surface area contributed by atoms with Crippen LogP contribution in [-0.4, -0.2) is 39.6 Å². The van der Waals surface area contributed by atoms with Gasteiger partial charge in [-0.25, -0.2) is 13.4 Å². The maximum absolute atomic E-state index is 13.8. The van der Waals surface area contributed by atoms with Gasteiger partial charge in [-0.05, 0) is 6.92 Å². The van der Waals surface area contributed by atoms with Crippen LogP contribution in [0, 0.1) is 5.82 Å². The Balaban J connectivity index is 3.17. The van der Waals surface area contributed by atoms with Crippen molar-refractivity contribution in [3.8, 4) is 0 Å². The van der Waals surface area contributed by atoms with Gasteiger partial charge in [0.05, 0.1) is 13.2 Å². The summed E-state index contributed by atoms with van der Waals surface area (Å²) in [5, 5.41) is 0. The molecule has 0 aliphatic rings. The third-order valence-electron chi connectivity index (χ3n) is 2.18. The number of hydrogen-bond donors (Lipinski definition) is 1. The van der Waals surface area contributed by atoms with Gasteiger partial charge >= 0.3 is 5.97 Å². The molecule has 0 radical (unpaired) electrons. The van der Waals surface area contributed by atoms with E-state index in [1.54, 1.807) is 6.92 Å². The van der Waals surface area contributed by atoms with Crippen molar-refractivity contribution < 1.29 is 27.4 Å². The van der Waals surface area contributed by atoms with E-state index in [1.165, 1.54) is 11.7 Å². The van der Waals surface area contributed by atoms with E-state index in [0.717, 1.165) is 6.20 Å². The molecule has 1 heterocycles. The summed E-state index contributed by atoms with van der Waals surface area (Å²) in [5.74, 6) is -1.91. The lowest BCUT2D eigenvalue weighted by Gasteiger charge is -2.07. The molecule has 0 fully saturated rings. The Morgan fingerprint density at radius 2 is 2.28 bits per heavy atom. The highest BCUT2D eigenvalue weighted by molar-refractivity contribution is 7.79. The summed E-state index contributed by atoms with van der Waals surface area (Å²) in [6, 6.07) is 0. The van der Waals surface area contributed by atoms with Crippen LogP contribution in [0.1, 0.15) is 17.4 Å². The first-order valence-electron chi connectivity index (χ1n) is 5.18. The predicted molar refractivity (Wildman–Crippen MR) is 61.3 cm³/mol. The second kappa shape index (κ2) is 6.62. The Morgan fingerprint density at radius 1 is 1.61 bits per heavy atom. The first kappa shape index (κ1) is 14.8. The molecule has 1 rings (SSSR count). The fourth-order valence-electron chi connectivity index (χ4n) is 1.40. The third-order valence-corrected chi connectivity index (χ3v) is 2.84. The molecule has 0 spiro atoms. The smallest absolute Gasteiger partial charge is 0.358 e. The first-order valence-corrected chi connectivity index (χ1v) is 6.29. The molecular weight excluding hydrogens is 265 g/mol. The topological polar surface area (TPSA) is 77.8 Å². The lowest BCUT2D eigenvalue weighted by molar-refractivity contribution is 0.0505. The van der Waals surface area contributed by atoms with Crippen molar-refractivity contribution in [2.75, 3.05) is 20.3 Å². The number of methoxy groups -OCH3 is 1. The van der Waals surface area contributed by atoms with Gasteiger partial charge in [0.15, 0.2) is 22.6 Å². The molecule has 1 aromatic heterocycles. The fourth-order valence-corrected chi connectivity index (χ4v) is 1.87. The Hall–Kier alpha value is -1.25. The molecule has 0 aliphatic carbocycles. The van der Waals surface area contributed by atoms with Crippen LogP contribution in [-0.2, 0) is 27.1 Å². The number of nitrogens with zero attached hydrogens (tertiary/aromatic N) is 1. The second-order valence-electron chi connectivity index (χ2n) is 3.31. The highest BCUT2D eigenvalue weighted by Gasteiger charge is 2.25. The van der Waals surface area contributed by atoms with Crippen LogP contribution >= 0.6 is 0 Å². The van der Waals surface area contributed by atoms with E-state index in [9.17, 15) is 13.4 Å². The van der Waals surface area contributed by atoms with Crippen LogP contribution in [0.3, 0.4) is 0 Å². The molecule has 0 amide bonds. The average molecular weight is 279 g/mol. The molecular formula is C10H14FNO5S. The Morgan fingerprint density at radius 3 is 2.78 bits per heavy atom. The van der Waals surface area contributed by atoms with Gasteiger partial charge in [0.1, 0.15) is 4.90 Å². The third kappa shape index (κ3) is 3.15. The van der Waals surface area contributed by atoms with E-state index in [1.807, 2.05) is 0 Å². The number of rotatable bonds is 6. The summed E-state index contributed by atoms with van der Waals surface area (Å²) in [5.41, 5.74) is -0.369. The normalized spacial score (nSPS) is 12.4. The number of aromatic nitrogens is 1. The zero-order valence-electron chi connectivity index (χ0n) is 10.0. The van der Waals surface area contributed by atoms with Gasteiger partial charge in [0.2, 0.25) is 0 Å². The van der Waals surface area contributed by atoms with Gasteiger partial charge in [-0.3, -0.25) is 0 Å². The number of halogens is 1. The lowest BCUT2D eigenvalue weighted by Crippen LogP contribution is -2.15. The minimum absolute atomic E-state index is 0.0886. The highest BCUT2D eigenvalue weighted by atomic mass is 32.2. The van der Waals surface area contributed by atoms with Crippen molar-refractivity contribution >= 4 is 17.0 Å². The highest BCUT2D eigenvalue weighted by Crippen LogP contribution is 2.19. The average Bonchev–Trinajstić information content (AvgIpc) is 2.64. The second-order valence-corrected chi connectivity index (χ2v) is 4.25. The monoisotopic (exact) mass is 279 g/mol. The number of ether oxygens (including phenoxy) is 2. The molecule has 1 aromatic rings. The Labute approximate surface area is 106 Å². The summed E-state index contributed by atoms with van der Waals surface area (Å²) in [7, 11) is 1.45. The molecule has 0 bridgehead atoms. The van der Waals surface area contributed by atoms with Crippen LogP contribution in [0.5, 0.6) is 0 Å². The molecule has 0 saturated heterocycles. The minimum atomic E-state index is -2.50. The maximum Gasteiger partial charge on any atom is 0.358 e. The zero-order valence-corrected chi connectivity index (χ0v) is 10.8. The van der Waals surface area contributed by atoms with Gasteiger partial charge in [0.25, 0.3) is 0 Å². The Bertz CT molecular complexity index is 459. The molecule has 1 atom stereocenters. The van der Waals surface area contributed by atoms with Crippen LogP contribution in [0.25, 0.3) is 0 Å². The first-order chi connectivity index (χ1) is 8.52. The summed E-state index contributed by atoms with van der Waals surface area (Å²) < 4.78 is 44.4. The summed E-state index contributed by atoms with van der Waals surface area (Å²) in [6.45, 7) is 2.09. The summed E-state index contributed by atoms with van der Waals surface area (Å²) in [6.07, 6.45) is 1.11. The fraction of sp³-hybridized carbons (Fsp3) is 0.500. The minimum Gasteiger partial charge on any atom is -0.461 e. The van der Waals surface area contributed by atoms with Crippen molar-refractivity contribution in [1.29, 1.82) is 0 Å². The van der Waals surface area contributed by atoms with Gasteiger partial charge in [-0.15, -0.1) is 0 Å². The quantitative estimate of drug-likeness (QED) is 0.621. The van der Waals surface area contributed by atoms with Crippen molar-refractivity contribution in [2.45, 2.75) is 18.4 Å². The molecule has 0 aliphatic heterocycles. The van der Waals surface area contributed by atoms with Crippen LogP contribution in [0.15, 0.2) is 11.1 Å². The zero-order chi connectivity index (χ0) is 13.7. The number of carbonyl (C=O) groups is 1. The maximum atomic E-state index is 13.8. The Kier molecular flexibility index (Phi) is 5.45. The SMILES string of the molecule is CCOC(=O)c1c(F)c(S(=O)O)cn1CCOC. The standard InChI is InChI=1S/C10H14FNO5S/c1-3-17-10(13)9-8(11)7(18(14)15)6-12(9)4-5-16-2/h6H,3-5H2,1-2H3,(H,14,15). The van der Waals surface area contributed by atoms with E-state index >= 15 is 0 Å². The number of hydrogen-bond acceptors (Lipinski definition) is 4. The van der Waals surface area contributed by atoms with Gasteiger partial charge in [-0.2, -0.15) is 0 Å².